The van der Waals surface area contributed by atoms with Crippen molar-refractivity contribution in [1.82, 2.24) is 25.5 Å². The zero-order valence-corrected chi connectivity index (χ0v) is 11.3. The largest absolute Gasteiger partial charge is 0.478 e. The first-order chi connectivity index (χ1) is 10.0. The van der Waals surface area contributed by atoms with Crippen LogP contribution in [-0.2, 0) is 13.5 Å². The molecule has 0 saturated heterocycles. The van der Waals surface area contributed by atoms with Crippen LogP contribution < -0.4 is 10.6 Å². The van der Waals surface area contributed by atoms with Gasteiger partial charge in [-0.3, -0.25) is 5.32 Å². The maximum Gasteiger partial charge on any atom is 0.335 e. The molecule has 1 heterocycles. The van der Waals surface area contributed by atoms with Gasteiger partial charge in [0.25, 0.3) is 5.95 Å². The Balaban J connectivity index is 1.80. The molecular weight excluding hydrogens is 276 g/mol. The average molecular weight is 290 g/mol. The Morgan fingerprint density at radius 1 is 1.38 bits per heavy atom. The summed E-state index contributed by atoms with van der Waals surface area (Å²) in [4.78, 5) is 23.6. The van der Waals surface area contributed by atoms with Gasteiger partial charge in [0.05, 0.1) is 12.6 Å². The molecule has 0 aliphatic heterocycles. The Kier molecular flexibility index (Phi) is 4.44. The van der Waals surface area contributed by atoms with Crippen LogP contribution in [0.3, 0.4) is 0 Å². The number of tetrazole rings is 1. The highest BCUT2D eigenvalue weighted by Gasteiger charge is 2.06. The van der Waals surface area contributed by atoms with E-state index in [0.29, 0.717) is 13.0 Å². The summed E-state index contributed by atoms with van der Waals surface area (Å²) in [6.45, 7) is 0.356. The molecule has 9 nitrogen and oxygen atoms in total. The third kappa shape index (κ3) is 4.27. The van der Waals surface area contributed by atoms with E-state index in [1.165, 1.54) is 10.9 Å². The number of amides is 2. The van der Waals surface area contributed by atoms with Gasteiger partial charge in [-0.1, -0.05) is 17.2 Å². The molecule has 0 spiro atoms. The molecular formula is C12H14N6O3. The van der Waals surface area contributed by atoms with Crippen LogP contribution in [0.5, 0.6) is 0 Å². The van der Waals surface area contributed by atoms with Crippen molar-refractivity contribution >= 4 is 17.9 Å². The number of nitrogens with zero attached hydrogens (tertiary/aromatic N) is 4. The molecule has 1 aromatic heterocycles. The van der Waals surface area contributed by atoms with E-state index in [2.05, 4.69) is 26.0 Å². The summed E-state index contributed by atoms with van der Waals surface area (Å²) >= 11 is 0. The van der Waals surface area contributed by atoms with Crippen LogP contribution in [0.25, 0.3) is 0 Å². The number of hydrogen-bond acceptors (Lipinski definition) is 5. The number of hydrogen-bond donors (Lipinski definition) is 3. The molecule has 0 radical (unpaired) electrons. The van der Waals surface area contributed by atoms with Gasteiger partial charge in [-0.25, -0.2) is 9.59 Å². The molecule has 0 fully saturated rings. The van der Waals surface area contributed by atoms with Gasteiger partial charge in [0.2, 0.25) is 0 Å². The fraction of sp³-hybridized carbons (Fsp3) is 0.250. The van der Waals surface area contributed by atoms with E-state index in [0.717, 1.165) is 5.56 Å². The summed E-state index contributed by atoms with van der Waals surface area (Å²) in [5.74, 6) is -0.862. The number of aromatic carboxylic acids is 1. The number of carbonyl (C=O) groups excluding carboxylic acids is 1. The molecule has 0 bridgehead atoms. The fourth-order valence-corrected chi connectivity index (χ4v) is 1.66. The second-order valence-electron chi connectivity index (χ2n) is 4.24. The number of urea groups is 1. The zero-order chi connectivity index (χ0) is 15.2. The lowest BCUT2D eigenvalue weighted by atomic mass is 10.1. The smallest absolute Gasteiger partial charge is 0.335 e. The van der Waals surface area contributed by atoms with Crippen molar-refractivity contribution in [3.63, 3.8) is 0 Å². The Bertz CT molecular complexity index is 654. The van der Waals surface area contributed by atoms with Gasteiger partial charge in [-0.05, 0) is 29.3 Å². The number of aryl methyl sites for hydroxylation is 1. The maximum absolute atomic E-state index is 11.6. The monoisotopic (exact) mass is 290 g/mol. The van der Waals surface area contributed by atoms with E-state index in [1.807, 2.05) is 0 Å². The predicted octanol–water partition coefficient (Wildman–Crippen LogP) is 0.272. The lowest BCUT2D eigenvalue weighted by Gasteiger charge is -2.05. The van der Waals surface area contributed by atoms with Gasteiger partial charge in [0.15, 0.2) is 0 Å². The lowest BCUT2D eigenvalue weighted by molar-refractivity contribution is 0.0696. The first-order valence-electron chi connectivity index (χ1n) is 6.15. The highest BCUT2D eigenvalue weighted by Crippen LogP contribution is 2.05. The summed E-state index contributed by atoms with van der Waals surface area (Å²) in [5.41, 5.74) is 1.05. The summed E-state index contributed by atoms with van der Waals surface area (Å²) in [6.07, 6.45) is 0.516. The fourth-order valence-electron chi connectivity index (χ4n) is 1.66. The van der Waals surface area contributed by atoms with Crippen molar-refractivity contribution in [2.45, 2.75) is 6.42 Å². The number of carbonyl (C=O) groups is 2. The molecule has 3 N–H and O–H groups in total. The number of anilines is 1. The molecule has 0 aliphatic carbocycles. The highest BCUT2D eigenvalue weighted by atomic mass is 16.4. The van der Waals surface area contributed by atoms with Gasteiger partial charge in [-0.15, -0.1) is 5.10 Å². The van der Waals surface area contributed by atoms with Crippen LogP contribution in [0.15, 0.2) is 24.3 Å². The standard InChI is InChI=1S/C12H14N6O3/c1-18-16-11(15-17-18)14-12(21)13-6-5-8-3-2-4-9(7-8)10(19)20/h2-4,7H,5-6H2,1H3,(H,19,20)(H2,13,14,16,21). The number of carboxylic acid groups (broad SMARTS) is 1. The maximum atomic E-state index is 11.6. The summed E-state index contributed by atoms with van der Waals surface area (Å²) in [5, 5.41) is 24.9. The molecule has 0 atom stereocenters. The summed E-state index contributed by atoms with van der Waals surface area (Å²) in [6, 6.07) is 6.12. The molecule has 2 rings (SSSR count). The average Bonchev–Trinajstić information content (AvgIpc) is 2.84. The minimum atomic E-state index is -0.976. The quantitative estimate of drug-likeness (QED) is 0.726. The minimum absolute atomic E-state index is 0.114. The number of aromatic nitrogens is 4. The van der Waals surface area contributed by atoms with Gasteiger partial charge in [0, 0.05) is 6.54 Å². The van der Waals surface area contributed by atoms with Gasteiger partial charge in [-0.2, -0.15) is 4.80 Å². The van der Waals surface area contributed by atoms with Crippen molar-refractivity contribution in [3.05, 3.63) is 35.4 Å². The van der Waals surface area contributed by atoms with E-state index in [1.54, 1.807) is 25.2 Å². The molecule has 1 aromatic carbocycles. The predicted molar refractivity (Wildman–Crippen MR) is 72.9 cm³/mol. The number of carboxylic acids is 1. The highest BCUT2D eigenvalue weighted by molar-refractivity contribution is 5.88. The summed E-state index contributed by atoms with van der Waals surface area (Å²) < 4.78 is 0. The van der Waals surface area contributed by atoms with Crippen LogP contribution in [0, 0.1) is 0 Å². The molecule has 110 valence electrons. The molecule has 2 aromatic rings. The third-order valence-electron chi connectivity index (χ3n) is 2.61. The Hall–Kier alpha value is -2.97. The first kappa shape index (κ1) is 14.4. The summed E-state index contributed by atoms with van der Waals surface area (Å²) in [7, 11) is 1.59. The Labute approximate surface area is 120 Å². The van der Waals surface area contributed by atoms with Crippen molar-refractivity contribution in [2.75, 3.05) is 11.9 Å². The van der Waals surface area contributed by atoms with Crippen LogP contribution in [0.2, 0.25) is 0 Å². The lowest BCUT2D eigenvalue weighted by Crippen LogP contribution is -2.30. The Morgan fingerprint density at radius 3 is 2.86 bits per heavy atom. The van der Waals surface area contributed by atoms with Crippen LogP contribution >= 0.6 is 0 Å². The second-order valence-corrected chi connectivity index (χ2v) is 4.24. The molecule has 0 aliphatic rings. The van der Waals surface area contributed by atoms with Crippen molar-refractivity contribution in [1.29, 1.82) is 0 Å². The van der Waals surface area contributed by atoms with Gasteiger partial charge in [0.1, 0.15) is 0 Å². The third-order valence-corrected chi connectivity index (χ3v) is 2.61. The minimum Gasteiger partial charge on any atom is -0.478 e. The van der Waals surface area contributed by atoms with Crippen molar-refractivity contribution < 1.29 is 14.7 Å². The van der Waals surface area contributed by atoms with E-state index in [4.69, 9.17) is 5.11 Å². The van der Waals surface area contributed by atoms with Crippen LogP contribution in [0.4, 0.5) is 10.7 Å². The van der Waals surface area contributed by atoms with E-state index in [-0.39, 0.29) is 11.5 Å². The number of nitrogens with one attached hydrogen (secondary N) is 2. The Morgan fingerprint density at radius 2 is 2.19 bits per heavy atom. The zero-order valence-electron chi connectivity index (χ0n) is 11.3. The molecule has 2 amide bonds. The van der Waals surface area contributed by atoms with Crippen LogP contribution in [0.1, 0.15) is 15.9 Å². The topological polar surface area (TPSA) is 122 Å². The van der Waals surface area contributed by atoms with E-state index < -0.39 is 12.0 Å². The SMILES string of the molecule is Cn1nnc(NC(=O)NCCc2cccc(C(=O)O)c2)n1. The van der Waals surface area contributed by atoms with Crippen molar-refractivity contribution in [3.8, 4) is 0 Å². The number of benzene rings is 1. The van der Waals surface area contributed by atoms with E-state index >= 15 is 0 Å². The second kappa shape index (κ2) is 6.46. The van der Waals surface area contributed by atoms with Crippen LogP contribution in [-0.4, -0.2) is 43.9 Å². The van der Waals surface area contributed by atoms with Gasteiger partial charge < -0.3 is 10.4 Å². The van der Waals surface area contributed by atoms with Crippen molar-refractivity contribution in [2.24, 2.45) is 7.05 Å². The molecule has 0 unspecified atom stereocenters. The van der Waals surface area contributed by atoms with Gasteiger partial charge >= 0.3 is 12.0 Å². The molecule has 21 heavy (non-hydrogen) atoms. The number of rotatable bonds is 5. The molecule has 9 heteroatoms. The normalized spacial score (nSPS) is 10.1. The molecule has 0 saturated carbocycles. The van der Waals surface area contributed by atoms with E-state index in [9.17, 15) is 9.59 Å². The first-order valence-corrected chi connectivity index (χ1v) is 6.15.